The Kier molecular flexibility index (Phi) is 5.08. The van der Waals surface area contributed by atoms with Gasteiger partial charge in [0.05, 0.1) is 11.1 Å². The van der Waals surface area contributed by atoms with Gasteiger partial charge >= 0.3 is 11.8 Å². The third kappa shape index (κ3) is 3.64. The second kappa shape index (κ2) is 7.40. The number of aliphatic hydroxyl groups is 1. The van der Waals surface area contributed by atoms with Crippen molar-refractivity contribution in [2.75, 3.05) is 5.32 Å². The average Bonchev–Trinajstić information content (AvgIpc) is 3.50. The van der Waals surface area contributed by atoms with E-state index in [2.05, 4.69) is 15.0 Å². The van der Waals surface area contributed by atoms with Gasteiger partial charge in [-0.3, -0.25) is 4.79 Å². The lowest BCUT2D eigenvalue weighted by Gasteiger charge is -2.33. The van der Waals surface area contributed by atoms with Gasteiger partial charge in [-0.1, -0.05) is 23.4 Å². The Labute approximate surface area is 178 Å². The number of aryl methyl sites for hydroxylation is 1. The van der Waals surface area contributed by atoms with Gasteiger partial charge in [0, 0.05) is 22.9 Å². The smallest absolute Gasteiger partial charge is 0.373 e. The fourth-order valence-corrected chi connectivity index (χ4v) is 3.92. The molecule has 3 aromatic rings. The number of aromatic nitrogens is 1. The van der Waals surface area contributed by atoms with Crippen molar-refractivity contribution >= 4 is 22.4 Å². The lowest BCUT2D eigenvalue weighted by atomic mass is 9.81. The number of nitrogens with zero attached hydrogens (tertiary/aromatic N) is 1. The minimum atomic E-state index is -5.31. The monoisotopic (exact) mass is 450 g/mol. The number of carbonyl (C=O) groups excluding carboxylic acids is 1. The number of fused-ring (bicyclic) bond motifs is 1. The maximum Gasteiger partial charge on any atom is 0.426 e. The second-order valence-corrected chi connectivity index (χ2v) is 8.06. The molecule has 10 heteroatoms. The molecule has 1 saturated carbocycles. The number of halogens is 4. The van der Waals surface area contributed by atoms with Crippen LogP contribution in [0, 0.1) is 12.7 Å². The molecule has 1 aliphatic rings. The Morgan fingerprint density at radius 2 is 1.88 bits per heavy atom. The van der Waals surface area contributed by atoms with Crippen LogP contribution in [0.4, 0.5) is 23.2 Å². The molecule has 1 aliphatic carbocycles. The molecule has 1 amide bonds. The highest BCUT2D eigenvalue weighted by Gasteiger charge is 2.65. The molecule has 1 heterocycles. The summed E-state index contributed by atoms with van der Waals surface area (Å²) >= 11 is 0. The predicted octanol–water partition coefficient (Wildman–Crippen LogP) is 3.99. The van der Waals surface area contributed by atoms with Crippen molar-refractivity contribution in [3.8, 4) is 0 Å². The molecule has 0 radical (unpaired) electrons. The second-order valence-electron chi connectivity index (χ2n) is 8.06. The molecule has 2 aromatic carbocycles. The number of hydrogen-bond donors (Lipinski definition) is 2. The van der Waals surface area contributed by atoms with Gasteiger partial charge in [-0.2, -0.15) is 13.2 Å². The topological polar surface area (TPSA) is 92.4 Å². The van der Waals surface area contributed by atoms with Crippen molar-refractivity contribution < 1.29 is 32.0 Å². The summed E-state index contributed by atoms with van der Waals surface area (Å²) in [5.74, 6) is -2.38. The van der Waals surface area contributed by atoms with Crippen molar-refractivity contribution in [3.63, 3.8) is 0 Å². The van der Waals surface area contributed by atoms with E-state index in [9.17, 15) is 32.3 Å². The summed E-state index contributed by atoms with van der Waals surface area (Å²) in [5, 5.41) is 16.6. The Bertz CT molecular complexity index is 1270. The molecule has 32 heavy (non-hydrogen) atoms. The Balaban J connectivity index is 1.68. The van der Waals surface area contributed by atoms with Gasteiger partial charge in [-0.25, -0.2) is 9.18 Å². The van der Waals surface area contributed by atoms with Crippen molar-refractivity contribution in [1.29, 1.82) is 0 Å². The normalized spacial score (nSPS) is 17.1. The molecule has 1 atom stereocenters. The molecule has 0 saturated heterocycles. The molecule has 1 fully saturated rings. The molecule has 0 bridgehead atoms. The predicted molar refractivity (Wildman–Crippen MR) is 107 cm³/mol. The van der Waals surface area contributed by atoms with Crippen molar-refractivity contribution in [1.82, 2.24) is 5.16 Å². The maximum atomic E-state index is 14.3. The maximum absolute atomic E-state index is 14.3. The van der Waals surface area contributed by atoms with Crippen LogP contribution in [-0.2, 0) is 10.2 Å². The molecule has 4 rings (SSSR count). The number of rotatable bonds is 5. The first-order valence-electron chi connectivity index (χ1n) is 9.73. The van der Waals surface area contributed by atoms with E-state index in [1.807, 2.05) is 0 Å². The summed E-state index contributed by atoms with van der Waals surface area (Å²) in [4.78, 5) is 24.5. The van der Waals surface area contributed by atoms with Crippen LogP contribution in [0.15, 0.2) is 51.8 Å². The van der Waals surface area contributed by atoms with Gasteiger partial charge < -0.3 is 14.9 Å². The van der Waals surface area contributed by atoms with Gasteiger partial charge in [0.1, 0.15) is 5.82 Å². The molecule has 1 unspecified atom stereocenters. The Hall–Kier alpha value is -3.27. The quantitative estimate of drug-likeness (QED) is 0.574. The van der Waals surface area contributed by atoms with Crippen LogP contribution in [0.1, 0.15) is 30.5 Å². The summed E-state index contributed by atoms with van der Waals surface area (Å²) in [6, 6.07) is 9.16. The highest BCUT2D eigenvalue weighted by atomic mass is 19.4. The molecular weight excluding hydrogens is 432 g/mol. The largest absolute Gasteiger partial charge is 0.426 e. The first-order valence-corrected chi connectivity index (χ1v) is 9.73. The van der Waals surface area contributed by atoms with E-state index in [0.717, 1.165) is 6.07 Å². The summed E-state index contributed by atoms with van der Waals surface area (Å²) in [7, 11) is 0. The number of nitrogens with one attached hydrogen (secondary N) is 1. The third-order valence-electron chi connectivity index (χ3n) is 5.89. The van der Waals surface area contributed by atoms with Crippen molar-refractivity contribution in [2.45, 2.75) is 43.4 Å². The SMILES string of the molecule is Cc1noc(=O)c2ccc(NC(=O)C(O)(CC3(c4ccccc4F)CC3)C(F)(F)F)cc12. The zero-order chi connectivity index (χ0) is 23.3. The highest BCUT2D eigenvalue weighted by Crippen LogP contribution is 2.56. The standard InChI is InChI=1S/C22H18F4N2O4/c1-12-15-10-13(6-7-14(15)18(29)32-28-12)27-19(30)21(31,22(24,25)26)11-20(8-9-20)16-4-2-3-5-17(16)23/h2-7,10,31H,8-9,11H2,1H3,(H,27,30). The van der Waals surface area contributed by atoms with E-state index in [-0.39, 0.29) is 34.9 Å². The van der Waals surface area contributed by atoms with E-state index < -0.39 is 41.0 Å². The first kappa shape index (κ1) is 21.9. The fraction of sp³-hybridized carbons (Fsp3) is 0.318. The number of benzene rings is 2. The van der Waals surface area contributed by atoms with E-state index in [1.165, 1.54) is 43.3 Å². The molecule has 168 valence electrons. The van der Waals surface area contributed by atoms with E-state index in [1.54, 1.807) is 0 Å². The van der Waals surface area contributed by atoms with Gasteiger partial charge in [0.2, 0.25) is 5.60 Å². The van der Waals surface area contributed by atoms with E-state index in [0.29, 0.717) is 5.69 Å². The lowest BCUT2D eigenvalue weighted by molar-refractivity contribution is -0.253. The molecule has 1 aromatic heterocycles. The minimum Gasteiger partial charge on any atom is -0.373 e. The number of hydrogen-bond acceptors (Lipinski definition) is 5. The van der Waals surface area contributed by atoms with Crippen molar-refractivity contribution in [3.05, 3.63) is 70.0 Å². The number of anilines is 1. The van der Waals surface area contributed by atoms with Crippen LogP contribution < -0.4 is 10.9 Å². The van der Waals surface area contributed by atoms with Gasteiger partial charge in [-0.15, -0.1) is 0 Å². The average molecular weight is 450 g/mol. The van der Waals surface area contributed by atoms with Crippen molar-refractivity contribution in [2.24, 2.45) is 0 Å². The first-order chi connectivity index (χ1) is 15.0. The van der Waals surface area contributed by atoms with Crippen LogP contribution >= 0.6 is 0 Å². The molecule has 2 N–H and O–H groups in total. The summed E-state index contributed by atoms with van der Waals surface area (Å²) in [6.07, 6.45) is -5.92. The fourth-order valence-electron chi connectivity index (χ4n) is 3.92. The third-order valence-corrected chi connectivity index (χ3v) is 5.89. The number of amides is 1. The zero-order valence-corrected chi connectivity index (χ0v) is 16.8. The number of alkyl halides is 3. The van der Waals surface area contributed by atoms with E-state index in [4.69, 9.17) is 0 Å². The van der Waals surface area contributed by atoms with Gasteiger partial charge in [0.25, 0.3) is 5.91 Å². The Morgan fingerprint density at radius 1 is 1.19 bits per heavy atom. The summed E-state index contributed by atoms with van der Waals surface area (Å²) in [5.41, 5.74) is -5.54. The Morgan fingerprint density at radius 3 is 2.50 bits per heavy atom. The van der Waals surface area contributed by atoms with E-state index >= 15 is 0 Å². The van der Waals surface area contributed by atoms with Crippen LogP contribution in [0.2, 0.25) is 0 Å². The zero-order valence-electron chi connectivity index (χ0n) is 16.8. The molecule has 0 spiro atoms. The summed E-state index contributed by atoms with van der Waals surface area (Å²) in [6.45, 7) is 1.52. The van der Waals surface area contributed by atoms with Gasteiger partial charge in [0.15, 0.2) is 0 Å². The van der Waals surface area contributed by atoms with Gasteiger partial charge in [-0.05, 0) is 49.6 Å². The van der Waals surface area contributed by atoms with Crippen LogP contribution in [0.25, 0.3) is 10.8 Å². The lowest BCUT2D eigenvalue weighted by Crippen LogP contribution is -2.56. The molecule has 0 aliphatic heterocycles. The van der Waals surface area contributed by atoms with Crippen LogP contribution in [0.3, 0.4) is 0 Å². The van der Waals surface area contributed by atoms with Crippen LogP contribution in [-0.4, -0.2) is 27.9 Å². The van der Waals surface area contributed by atoms with Crippen LogP contribution in [0.5, 0.6) is 0 Å². The molecule has 6 nitrogen and oxygen atoms in total. The number of carbonyl (C=O) groups is 1. The highest BCUT2D eigenvalue weighted by molar-refractivity contribution is 6.00. The summed E-state index contributed by atoms with van der Waals surface area (Å²) < 4.78 is 60.7. The minimum absolute atomic E-state index is 0.0367. The molecular formula is C22H18F4N2O4.